The average Bonchev–Trinajstić information content (AvgIpc) is 3.20. The van der Waals surface area contributed by atoms with Crippen LogP contribution in [-0.2, 0) is 11.2 Å². The smallest absolute Gasteiger partial charge is 0.233 e. The molecule has 6 heteroatoms. The lowest BCUT2D eigenvalue weighted by atomic mass is 10.0. The fraction of sp³-hybridized carbons (Fsp3) is 0.231. The van der Waals surface area contributed by atoms with Gasteiger partial charge in [-0.3, -0.25) is 9.69 Å². The van der Waals surface area contributed by atoms with Crippen molar-refractivity contribution in [1.82, 2.24) is 9.88 Å². The third-order valence-electron chi connectivity index (χ3n) is 5.27. The van der Waals surface area contributed by atoms with Gasteiger partial charge in [-0.15, -0.1) is 0 Å². The van der Waals surface area contributed by atoms with E-state index in [1.54, 1.807) is 11.3 Å². The molecule has 0 radical (unpaired) electrons. The summed E-state index contributed by atoms with van der Waals surface area (Å²) in [5.74, 6) is 0.0781. The van der Waals surface area contributed by atoms with Crippen molar-refractivity contribution in [1.29, 1.82) is 0 Å². The molecule has 0 aliphatic carbocycles. The molecule has 0 atom stereocenters. The van der Waals surface area contributed by atoms with Crippen molar-refractivity contribution in [3.05, 3.63) is 82.8 Å². The van der Waals surface area contributed by atoms with E-state index < -0.39 is 0 Å². The second-order valence-corrected chi connectivity index (χ2v) is 9.98. The number of anilines is 1. The fourth-order valence-corrected chi connectivity index (χ4v) is 5.15. The number of hydrogen-bond donors (Lipinski definition) is 0. The van der Waals surface area contributed by atoms with Gasteiger partial charge in [0.25, 0.3) is 0 Å². The molecular weight excluding hydrogens is 482 g/mol. The molecule has 32 heavy (non-hydrogen) atoms. The van der Waals surface area contributed by atoms with Crippen LogP contribution in [0.1, 0.15) is 12.0 Å². The molecule has 0 spiro atoms. The van der Waals surface area contributed by atoms with Crippen molar-refractivity contribution < 1.29 is 4.79 Å². The van der Waals surface area contributed by atoms with Crippen LogP contribution in [0.25, 0.3) is 21.3 Å². The summed E-state index contributed by atoms with van der Waals surface area (Å²) in [5.41, 5.74) is 4.26. The molecule has 0 aliphatic heterocycles. The Balaban J connectivity index is 1.54. The van der Waals surface area contributed by atoms with Crippen LogP contribution in [0.2, 0.25) is 0 Å². The van der Waals surface area contributed by atoms with Gasteiger partial charge in [0.1, 0.15) is 0 Å². The zero-order chi connectivity index (χ0) is 22.5. The number of thiazole rings is 1. The summed E-state index contributed by atoms with van der Waals surface area (Å²) in [6, 6.07) is 24.6. The maximum absolute atomic E-state index is 13.4. The number of nitrogens with zero attached hydrogens (tertiary/aromatic N) is 3. The second kappa shape index (κ2) is 10.4. The maximum atomic E-state index is 13.4. The quantitative estimate of drug-likeness (QED) is 0.282. The van der Waals surface area contributed by atoms with Gasteiger partial charge in [-0.1, -0.05) is 81.9 Å². The van der Waals surface area contributed by atoms with Gasteiger partial charge in [0.2, 0.25) is 5.91 Å². The topological polar surface area (TPSA) is 36.4 Å². The Hall–Kier alpha value is -2.54. The molecule has 1 aromatic heterocycles. The first-order valence-electron chi connectivity index (χ1n) is 10.6. The Labute approximate surface area is 201 Å². The Morgan fingerprint density at radius 1 is 0.938 bits per heavy atom. The van der Waals surface area contributed by atoms with Crippen molar-refractivity contribution in [2.75, 3.05) is 32.1 Å². The van der Waals surface area contributed by atoms with Gasteiger partial charge in [0.05, 0.1) is 16.6 Å². The average molecular weight is 508 g/mol. The Morgan fingerprint density at radius 2 is 1.66 bits per heavy atom. The van der Waals surface area contributed by atoms with Crippen LogP contribution in [0.15, 0.2) is 77.3 Å². The number of halogens is 1. The standard InChI is InChI=1S/C26H26BrN3OS/c1-29(2)15-6-16-30(26-28-23-14-13-22(27)18-24(23)32-26)25(31)17-19-9-11-21(12-10-19)20-7-4-3-5-8-20/h3-5,7-14,18H,6,15-17H2,1-2H3. The molecule has 3 aromatic carbocycles. The van der Waals surface area contributed by atoms with E-state index >= 15 is 0 Å². The van der Waals surface area contributed by atoms with Gasteiger partial charge in [-0.2, -0.15) is 0 Å². The number of carbonyl (C=O) groups excluding carboxylic acids is 1. The van der Waals surface area contributed by atoms with Crippen LogP contribution in [-0.4, -0.2) is 43.0 Å². The lowest BCUT2D eigenvalue weighted by Crippen LogP contribution is -2.34. The first kappa shape index (κ1) is 22.6. The summed E-state index contributed by atoms with van der Waals surface area (Å²) in [5, 5.41) is 0.766. The number of amides is 1. The third-order valence-corrected chi connectivity index (χ3v) is 6.81. The van der Waals surface area contributed by atoms with E-state index in [9.17, 15) is 4.79 Å². The SMILES string of the molecule is CN(C)CCCN(C(=O)Cc1ccc(-c2ccccc2)cc1)c1nc2ccc(Br)cc2s1. The molecule has 0 N–H and O–H groups in total. The Kier molecular flexibility index (Phi) is 7.35. The van der Waals surface area contributed by atoms with E-state index in [1.165, 1.54) is 5.56 Å². The van der Waals surface area contributed by atoms with Gasteiger partial charge in [-0.25, -0.2) is 4.98 Å². The number of aromatic nitrogens is 1. The molecule has 4 nitrogen and oxygen atoms in total. The molecule has 1 amide bonds. The molecule has 0 saturated carbocycles. The lowest BCUT2D eigenvalue weighted by Gasteiger charge is -2.21. The first-order valence-corrected chi connectivity index (χ1v) is 12.3. The molecular formula is C26H26BrN3OS. The summed E-state index contributed by atoms with van der Waals surface area (Å²) >= 11 is 5.09. The van der Waals surface area contributed by atoms with Gasteiger partial charge in [-0.05, 0) is 62.0 Å². The van der Waals surface area contributed by atoms with Gasteiger partial charge >= 0.3 is 0 Å². The van der Waals surface area contributed by atoms with E-state index in [0.29, 0.717) is 13.0 Å². The molecule has 0 bridgehead atoms. The highest BCUT2D eigenvalue weighted by Crippen LogP contribution is 2.31. The van der Waals surface area contributed by atoms with E-state index in [0.717, 1.165) is 43.9 Å². The summed E-state index contributed by atoms with van der Waals surface area (Å²) in [7, 11) is 4.10. The minimum atomic E-state index is 0.0781. The van der Waals surface area contributed by atoms with E-state index in [-0.39, 0.29) is 5.91 Å². The summed E-state index contributed by atoms with van der Waals surface area (Å²) < 4.78 is 2.09. The molecule has 0 fully saturated rings. The van der Waals surface area contributed by atoms with Gasteiger partial charge < -0.3 is 4.90 Å². The van der Waals surface area contributed by atoms with Gasteiger partial charge in [0, 0.05) is 11.0 Å². The molecule has 4 rings (SSSR count). The number of carbonyl (C=O) groups is 1. The Morgan fingerprint density at radius 3 is 2.38 bits per heavy atom. The van der Waals surface area contributed by atoms with E-state index in [1.807, 2.05) is 47.4 Å². The van der Waals surface area contributed by atoms with Crippen LogP contribution in [0.4, 0.5) is 5.13 Å². The van der Waals surface area contributed by atoms with E-state index in [4.69, 9.17) is 4.98 Å². The fourth-order valence-electron chi connectivity index (χ4n) is 3.59. The minimum Gasteiger partial charge on any atom is -0.309 e. The molecule has 0 saturated heterocycles. The third kappa shape index (κ3) is 5.63. The molecule has 1 heterocycles. The van der Waals surface area contributed by atoms with Crippen LogP contribution < -0.4 is 4.90 Å². The van der Waals surface area contributed by atoms with Crippen LogP contribution in [0, 0.1) is 0 Å². The van der Waals surface area contributed by atoms with E-state index in [2.05, 4.69) is 65.3 Å². The van der Waals surface area contributed by atoms with Crippen molar-refractivity contribution in [2.24, 2.45) is 0 Å². The van der Waals surface area contributed by atoms with Crippen LogP contribution in [0.5, 0.6) is 0 Å². The molecule has 0 unspecified atom stereocenters. The summed E-state index contributed by atoms with van der Waals surface area (Å²) in [6.07, 6.45) is 1.25. The summed E-state index contributed by atoms with van der Waals surface area (Å²) in [6.45, 7) is 1.58. The highest BCUT2D eigenvalue weighted by atomic mass is 79.9. The van der Waals surface area contributed by atoms with Crippen molar-refractivity contribution in [2.45, 2.75) is 12.8 Å². The minimum absolute atomic E-state index is 0.0781. The predicted molar refractivity (Wildman–Crippen MR) is 138 cm³/mol. The highest BCUT2D eigenvalue weighted by Gasteiger charge is 2.20. The number of fused-ring (bicyclic) bond motifs is 1. The molecule has 164 valence electrons. The number of hydrogen-bond acceptors (Lipinski definition) is 4. The van der Waals surface area contributed by atoms with Crippen LogP contribution >= 0.6 is 27.3 Å². The number of rotatable bonds is 8. The lowest BCUT2D eigenvalue weighted by molar-refractivity contribution is -0.118. The molecule has 4 aromatic rings. The highest BCUT2D eigenvalue weighted by molar-refractivity contribution is 9.10. The summed E-state index contributed by atoms with van der Waals surface area (Å²) in [4.78, 5) is 22.1. The largest absolute Gasteiger partial charge is 0.309 e. The maximum Gasteiger partial charge on any atom is 0.233 e. The first-order chi connectivity index (χ1) is 15.5. The number of benzene rings is 3. The molecule has 0 aliphatic rings. The van der Waals surface area contributed by atoms with Crippen molar-refractivity contribution in [3.8, 4) is 11.1 Å². The monoisotopic (exact) mass is 507 g/mol. The Bertz CT molecular complexity index is 1190. The van der Waals surface area contributed by atoms with Crippen molar-refractivity contribution >= 4 is 48.5 Å². The second-order valence-electron chi connectivity index (χ2n) is 8.05. The van der Waals surface area contributed by atoms with Crippen molar-refractivity contribution in [3.63, 3.8) is 0 Å². The predicted octanol–water partition coefficient (Wildman–Crippen LogP) is 6.25. The zero-order valence-corrected chi connectivity index (χ0v) is 20.7. The normalized spacial score (nSPS) is 11.2. The van der Waals surface area contributed by atoms with Gasteiger partial charge in [0.15, 0.2) is 5.13 Å². The van der Waals surface area contributed by atoms with Crippen LogP contribution in [0.3, 0.4) is 0 Å². The zero-order valence-electron chi connectivity index (χ0n) is 18.3.